The van der Waals surface area contributed by atoms with E-state index in [-0.39, 0.29) is 0 Å². The molecule has 0 N–H and O–H groups in total. The van der Waals surface area contributed by atoms with Crippen molar-refractivity contribution in [2.45, 2.75) is 20.3 Å². The number of aromatic nitrogens is 2. The van der Waals surface area contributed by atoms with Crippen molar-refractivity contribution in [3.05, 3.63) is 17.5 Å². The van der Waals surface area contributed by atoms with E-state index in [0.29, 0.717) is 17.5 Å². The van der Waals surface area contributed by atoms with Crippen LogP contribution in [0, 0.1) is 5.92 Å². The first-order valence-corrected chi connectivity index (χ1v) is 4.52. The van der Waals surface area contributed by atoms with Gasteiger partial charge in [-0.3, -0.25) is 4.79 Å². The molecule has 4 nitrogen and oxygen atoms in total. The van der Waals surface area contributed by atoms with Gasteiger partial charge in [0.15, 0.2) is 6.29 Å². The van der Waals surface area contributed by atoms with Crippen molar-refractivity contribution < 1.29 is 9.53 Å². The Balaban J connectivity index is 3.01. The van der Waals surface area contributed by atoms with E-state index in [9.17, 15) is 4.79 Å². The maximum atomic E-state index is 10.7. The molecular weight excluding hydrogens is 180 g/mol. The highest BCUT2D eigenvalue weighted by Crippen LogP contribution is 2.12. The van der Waals surface area contributed by atoms with Gasteiger partial charge in [0.2, 0.25) is 0 Å². The molecule has 1 aromatic heterocycles. The molecule has 0 spiro atoms. The first-order chi connectivity index (χ1) is 6.67. The Bertz CT molecular complexity index is 324. The van der Waals surface area contributed by atoms with Crippen LogP contribution >= 0.6 is 0 Å². The molecular formula is C10H14N2O2. The molecule has 0 atom stereocenters. The van der Waals surface area contributed by atoms with Gasteiger partial charge in [0.1, 0.15) is 0 Å². The van der Waals surface area contributed by atoms with Crippen LogP contribution in [0.25, 0.3) is 0 Å². The minimum Gasteiger partial charge on any atom is -0.467 e. The van der Waals surface area contributed by atoms with Crippen LogP contribution in [0.3, 0.4) is 0 Å². The van der Waals surface area contributed by atoms with Crippen LogP contribution in [0.4, 0.5) is 0 Å². The van der Waals surface area contributed by atoms with E-state index in [1.807, 2.05) is 0 Å². The Kier molecular flexibility index (Phi) is 3.56. The lowest BCUT2D eigenvalue weighted by molar-refractivity contribution is 0.112. The minimum atomic E-state index is 0.311. The topological polar surface area (TPSA) is 52.1 Å². The van der Waals surface area contributed by atoms with E-state index in [0.717, 1.165) is 18.4 Å². The normalized spacial score (nSPS) is 10.3. The average molecular weight is 194 g/mol. The zero-order valence-corrected chi connectivity index (χ0v) is 8.65. The lowest BCUT2D eigenvalue weighted by atomic mass is 10.1. The van der Waals surface area contributed by atoms with Crippen LogP contribution in [-0.2, 0) is 6.42 Å². The SMILES string of the molecule is COc1ncc(C=O)c(CC(C)C)n1. The second-order valence-corrected chi connectivity index (χ2v) is 3.47. The molecule has 0 amide bonds. The van der Waals surface area contributed by atoms with Crippen molar-refractivity contribution in [1.82, 2.24) is 9.97 Å². The molecule has 4 heteroatoms. The molecule has 1 heterocycles. The summed E-state index contributed by atoms with van der Waals surface area (Å²) in [6.07, 6.45) is 3.03. The second kappa shape index (κ2) is 4.69. The zero-order chi connectivity index (χ0) is 10.6. The Morgan fingerprint density at radius 2 is 2.29 bits per heavy atom. The summed E-state index contributed by atoms with van der Waals surface area (Å²) >= 11 is 0. The van der Waals surface area contributed by atoms with E-state index < -0.39 is 0 Å². The highest BCUT2D eigenvalue weighted by Gasteiger charge is 2.08. The van der Waals surface area contributed by atoms with E-state index in [4.69, 9.17) is 4.74 Å². The maximum absolute atomic E-state index is 10.7. The lowest BCUT2D eigenvalue weighted by Gasteiger charge is -2.07. The molecule has 0 aliphatic rings. The van der Waals surface area contributed by atoms with Crippen LogP contribution in [0.2, 0.25) is 0 Å². The Hall–Kier alpha value is -1.45. The molecule has 0 aliphatic carbocycles. The van der Waals surface area contributed by atoms with Gasteiger partial charge >= 0.3 is 6.01 Å². The van der Waals surface area contributed by atoms with Gasteiger partial charge < -0.3 is 4.74 Å². The number of carbonyl (C=O) groups is 1. The fraction of sp³-hybridized carbons (Fsp3) is 0.500. The van der Waals surface area contributed by atoms with Crippen LogP contribution in [0.15, 0.2) is 6.20 Å². The predicted molar refractivity (Wildman–Crippen MR) is 52.5 cm³/mol. The van der Waals surface area contributed by atoms with Crippen LogP contribution < -0.4 is 4.74 Å². The smallest absolute Gasteiger partial charge is 0.316 e. The summed E-state index contributed by atoms with van der Waals surface area (Å²) in [7, 11) is 1.51. The van der Waals surface area contributed by atoms with Crippen molar-refractivity contribution in [2.75, 3.05) is 7.11 Å². The van der Waals surface area contributed by atoms with Gasteiger partial charge in [0.25, 0.3) is 0 Å². The fourth-order valence-corrected chi connectivity index (χ4v) is 1.16. The number of ether oxygens (including phenoxy) is 1. The summed E-state index contributed by atoms with van der Waals surface area (Å²) in [6, 6.07) is 0.311. The summed E-state index contributed by atoms with van der Waals surface area (Å²) in [5.74, 6) is 0.452. The Morgan fingerprint density at radius 3 is 2.79 bits per heavy atom. The number of hydrogen-bond donors (Lipinski definition) is 0. The Labute approximate surface area is 83.3 Å². The average Bonchev–Trinajstić information content (AvgIpc) is 2.16. The number of carbonyl (C=O) groups excluding carboxylic acids is 1. The molecule has 1 rings (SSSR count). The standard InChI is InChI=1S/C10H14N2O2/c1-7(2)4-9-8(6-13)5-11-10(12-9)14-3/h5-7H,4H2,1-3H3. The van der Waals surface area contributed by atoms with Crippen molar-refractivity contribution in [3.63, 3.8) is 0 Å². The van der Waals surface area contributed by atoms with E-state index in [2.05, 4.69) is 23.8 Å². The molecule has 0 aromatic carbocycles. The van der Waals surface area contributed by atoms with Crippen molar-refractivity contribution in [2.24, 2.45) is 5.92 Å². The molecule has 0 radical (unpaired) electrons. The van der Waals surface area contributed by atoms with Gasteiger partial charge in [0, 0.05) is 6.20 Å². The third-order valence-electron chi connectivity index (χ3n) is 1.79. The van der Waals surface area contributed by atoms with Gasteiger partial charge in [-0.2, -0.15) is 4.98 Å². The van der Waals surface area contributed by atoms with Crippen LogP contribution in [0.5, 0.6) is 6.01 Å². The lowest BCUT2D eigenvalue weighted by Crippen LogP contribution is -2.05. The number of aldehydes is 1. The number of hydrogen-bond acceptors (Lipinski definition) is 4. The minimum absolute atomic E-state index is 0.311. The highest BCUT2D eigenvalue weighted by atomic mass is 16.5. The molecule has 0 saturated carbocycles. The molecule has 0 unspecified atom stereocenters. The van der Waals surface area contributed by atoms with Crippen molar-refractivity contribution in [1.29, 1.82) is 0 Å². The van der Waals surface area contributed by atoms with Gasteiger partial charge in [-0.25, -0.2) is 4.98 Å². The van der Waals surface area contributed by atoms with E-state index in [1.165, 1.54) is 13.3 Å². The number of methoxy groups -OCH3 is 1. The van der Waals surface area contributed by atoms with Crippen molar-refractivity contribution >= 4 is 6.29 Å². The van der Waals surface area contributed by atoms with Crippen molar-refractivity contribution in [3.8, 4) is 6.01 Å². The monoisotopic (exact) mass is 194 g/mol. The highest BCUT2D eigenvalue weighted by molar-refractivity contribution is 5.75. The summed E-state index contributed by atoms with van der Waals surface area (Å²) in [6.45, 7) is 4.15. The summed E-state index contributed by atoms with van der Waals surface area (Å²) in [4.78, 5) is 18.7. The fourth-order valence-electron chi connectivity index (χ4n) is 1.16. The molecule has 1 aromatic rings. The van der Waals surface area contributed by atoms with Crippen LogP contribution in [-0.4, -0.2) is 23.4 Å². The first-order valence-electron chi connectivity index (χ1n) is 4.52. The van der Waals surface area contributed by atoms with E-state index >= 15 is 0 Å². The molecule has 14 heavy (non-hydrogen) atoms. The maximum Gasteiger partial charge on any atom is 0.316 e. The second-order valence-electron chi connectivity index (χ2n) is 3.47. The largest absolute Gasteiger partial charge is 0.467 e. The third kappa shape index (κ3) is 2.52. The summed E-state index contributed by atoms with van der Waals surface area (Å²) in [5.41, 5.74) is 1.29. The van der Waals surface area contributed by atoms with Gasteiger partial charge in [0.05, 0.1) is 18.4 Å². The molecule has 0 bridgehead atoms. The number of nitrogens with zero attached hydrogens (tertiary/aromatic N) is 2. The predicted octanol–water partition coefficient (Wildman–Crippen LogP) is 1.50. The third-order valence-corrected chi connectivity index (χ3v) is 1.79. The molecule has 0 aliphatic heterocycles. The van der Waals surface area contributed by atoms with Gasteiger partial charge in [-0.15, -0.1) is 0 Å². The molecule has 0 saturated heterocycles. The van der Waals surface area contributed by atoms with Gasteiger partial charge in [-0.1, -0.05) is 13.8 Å². The van der Waals surface area contributed by atoms with Crippen LogP contribution in [0.1, 0.15) is 29.9 Å². The zero-order valence-electron chi connectivity index (χ0n) is 8.65. The summed E-state index contributed by atoms with van der Waals surface area (Å²) < 4.78 is 4.90. The molecule has 0 fully saturated rings. The first kappa shape index (κ1) is 10.6. The van der Waals surface area contributed by atoms with Gasteiger partial charge in [-0.05, 0) is 12.3 Å². The molecule has 76 valence electrons. The quantitative estimate of drug-likeness (QED) is 0.681. The Morgan fingerprint density at radius 1 is 1.57 bits per heavy atom. The summed E-state index contributed by atoms with van der Waals surface area (Å²) in [5, 5.41) is 0. The number of rotatable bonds is 4. The van der Waals surface area contributed by atoms with E-state index in [1.54, 1.807) is 0 Å².